The number of nitrogens with one attached hydrogen (secondary N) is 1. The number of hydrogen-bond acceptors (Lipinski definition) is 4. The number of rotatable bonds is 9. The van der Waals surface area contributed by atoms with E-state index < -0.39 is 0 Å². The smallest absolute Gasteiger partial charge is 0.255 e. The van der Waals surface area contributed by atoms with Crippen LogP contribution in [-0.2, 0) is 6.54 Å². The number of carbonyl (C=O) groups excluding carboxylic acids is 1. The molecule has 2 aromatic rings. The van der Waals surface area contributed by atoms with E-state index in [-0.39, 0.29) is 5.91 Å². The van der Waals surface area contributed by atoms with Gasteiger partial charge in [0.15, 0.2) is 0 Å². The van der Waals surface area contributed by atoms with E-state index in [9.17, 15) is 4.79 Å². The zero-order chi connectivity index (χ0) is 18.1. The molecule has 0 saturated carbocycles. The first-order valence-electron chi connectivity index (χ1n) is 8.36. The fraction of sp³-hybridized carbons (Fsp3) is 0.350. The molecule has 1 amide bonds. The zero-order valence-corrected chi connectivity index (χ0v) is 15.1. The van der Waals surface area contributed by atoms with Crippen LogP contribution in [0.25, 0.3) is 0 Å². The number of amides is 1. The molecule has 134 valence electrons. The average molecular weight is 342 g/mol. The molecule has 1 N–H and O–H groups in total. The summed E-state index contributed by atoms with van der Waals surface area (Å²) in [6, 6.07) is 15.5. The topological polar surface area (TPSA) is 50.8 Å². The van der Waals surface area contributed by atoms with Crippen LogP contribution in [0.3, 0.4) is 0 Å². The van der Waals surface area contributed by atoms with Crippen molar-refractivity contribution in [1.82, 2.24) is 10.2 Å². The summed E-state index contributed by atoms with van der Waals surface area (Å²) in [6.07, 6.45) is 0.882. The van der Waals surface area contributed by atoms with Gasteiger partial charge < -0.3 is 19.7 Å². The molecule has 0 saturated heterocycles. The first-order chi connectivity index (χ1) is 12.1. The molecule has 0 heterocycles. The van der Waals surface area contributed by atoms with Crippen LogP contribution in [0.5, 0.6) is 11.5 Å². The van der Waals surface area contributed by atoms with Crippen molar-refractivity contribution in [2.45, 2.75) is 13.0 Å². The van der Waals surface area contributed by atoms with Crippen molar-refractivity contribution in [3.8, 4) is 11.5 Å². The maximum absolute atomic E-state index is 12.3. The largest absolute Gasteiger partial charge is 0.497 e. The molecular weight excluding hydrogens is 316 g/mol. The molecular formula is C20H26N2O3. The summed E-state index contributed by atoms with van der Waals surface area (Å²) in [6.45, 7) is 2.43. The molecule has 0 aliphatic carbocycles. The molecule has 0 atom stereocenters. The maximum Gasteiger partial charge on any atom is 0.255 e. The lowest BCUT2D eigenvalue weighted by atomic mass is 10.1. The van der Waals surface area contributed by atoms with Gasteiger partial charge in [-0.15, -0.1) is 0 Å². The normalized spacial score (nSPS) is 10.6. The lowest BCUT2D eigenvalue weighted by Gasteiger charge is -2.17. The van der Waals surface area contributed by atoms with Crippen molar-refractivity contribution < 1.29 is 14.3 Å². The Kier molecular flexibility index (Phi) is 7.29. The van der Waals surface area contributed by atoms with Crippen LogP contribution >= 0.6 is 0 Å². The van der Waals surface area contributed by atoms with E-state index in [0.29, 0.717) is 23.6 Å². The summed E-state index contributed by atoms with van der Waals surface area (Å²) < 4.78 is 10.4. The van der Waals surface area contributed by atoms with Gasteiger partial charge in [-0.05, 0) is 37.7 Å². The van der Waals surface area contributed by atoms with Gasteiger partial charge in [-0.3, -0.25) is 4.79 Å². The average Bonchev–Trinajstić information content (AvgIpc) is 2.65. The number of ether oxygens (including phenoxy) is 2. The molecule has 0 spiro atoms. The number of carbonyl (C=O) groups is 1. The van der Waals surface area contributed by atoms with Gasteiger partial charge in [0.05, 0.1) is 19.8 Å². The van der Waals surface area contributed by atoms with Crippen LogP contribution in [0.1, 0.15) is 22.3 Å². The number of nitrogens with zero attached hydrogens (tertiary/aromatic N) is 1. The van der Waals surface area contributed by atoms with Crippen molar-refractivity contribution in [1.29, 1.82) is 0 Å². The lowest BCUT2D eigenvalue weighted by molar-refractivity contribution is 0.0949. The Balaban J connectivity index is 1.77. The quantitative estimate of drug-likeness (QED) is 0.712. The van der Waals surface area contributed by atoms with Crippen molar-refractivity contribution in [2.75, 3.05) is 34.4 Å². The van der Waals surface area contributed by atoms with Gasteiger partial charge in [-0.25, -0.2) is 0 Å². The van der Waals surface area contributed by atoms with Gasteiger partial charge in [-0.2, -0.15) is 0 Å². The third-order valence-electron chi connectivity index (χ3n) is 3.95. The molecule has 2 rings (SSSR count). The van der Waals surface area contributed by atoms with E-state index >= 15 is 0 Å². The summed E-state index contributed by atoms with van der Waals surface area (Å²) in [4.78, 5) is 14.6. The summed E-state index contributed by atoms with van der Waals surface area (Å²) in [5, 5.41) is 2.94. The van der Waals surface area contributed by atoms with E-state index in [4.69, 9.17) is 9.47 Å². The summed E-state index contributed by atoms with van der Waals surface area (Å²) in [5.41, 5.74) is 1.80. The molecule has 0 radical (unpaired) electrons. The molecule has 0 bridgehead atoms. The van der Waals surface area contributed by atoms with Gasteiger partial charge in [-0.1, -0.05) is 30.3 Å². The molecule has 0 aliphatic heterocycles. The van der Waals surface area contributed by atoms with Crippen LogP contribution < -0.4 is 14.8 Å². The van der Waals surface area contributed by atoms with E-state index in [2.05, 4.69) is 29.4 Å². The van der Waals surface area contributed by atoms with Gasteiger partial charge >= 0.3 is 0 Å². The Morgan fingerprint density at radius 2 is 1.84 bits per heavy atom. The van der Waals surface area contributed by atoms with Crippen LogP contribution in [-0.4, -0.2) is 45.2 Å². The predicted octanol–water partition coefficient (Wildman–Crippen LogP) is 2.96. The standard InChI is InChI=1S/C20H26N2O3/c1-22(15-16-8-5-4-6-9-16)13-7-12-21-20(23)18-11-10-17(24-2)14-19(18)25-3/h4-6,8-11,14H,7,12-13,15H2,1-3H3,(H,21,23). The van der Waals surface area contributed by atoms with Crippen LogP contribution in [0.2, 0.25) is 0 Å². The molecule has 0 fully saturated rings. The highest BCUT2D eigenvalue weighted by Crippen LogP contribution is 2.24. The molecule has 0 aliphatic rings. The molecule has 0 unspecified atom stereocenters. The van der Waals surface area contributed by atoms with Crippen LogP contribution in [0.4, 0.5) is 0 Å². The van der Waals surface area contributed by atoms with Crippen LogP contribution in [0.15, 0.2) is 48.5 Å². The summed E-state index contributed by atoms with van der Waals surface area (Å²) in [5.74, 6) is 1.04. The van der Waals surface area contributed by atoms with E-state index in [1.54, 1.807) is 32.4 Å². The van der Waals surface area contributed by atoms with Gasteiger partial charge in [0.1, 0.15) is 11.5 Å². The second-order valence-corrected chi connectivity index (χ2v) is 5.90. The van der Waals surface area contributed by atoms with Gasteiger partial charge in [0, 0.05) is 19.2 Å². The highest BCUT2D eigenvalue weighted by atomic mass is 16.5. The second kappa shape index (κ2) is 9.69. The Morgan fingerprint density at radius 3 is 2.52 bits per heavy atom. The Labute approximate surface area is 149 Å². The number of hydrogen-bond donors (Lipinski definition) is 1. The molecule has 5 nitrogen and oxygen atoms in total. The fourth-order valence-electron chi connectivity index (χ4n) is 2.61. The van der Waals surface area contributed by atoms with Crippen LogP contribution in [0, 0.1) is 0 Å². The van der Waals surface area contributed by atoms with Crippen molar-refractivity contribution in [3.63, 3.8) is 0 Å². The van der Waals surface area contributed by atoms with E-state index in [1.165, 1.54) is 5.56 Å². The Morgan fingerprint density at radius 1 is 1.08 bits per heavy atom. The van der Waals surface area contributed by atoms with E-state index in [0.717, 1.165) is 19.5 Å². The second-order valence-electron chi connectivity index (χ2n) is 5.90. The highest BCUT2D eigenvalue weighted by Gasteiger charge is 2.12. The third kappa shape index (κ3) is 5.80. The van der Waals surface area contributed by atoms with E-state index in [1.807, 2.05) is 18.2 Å². The van der Waals surface area contributed by atoms with Crippen molar-refractivity contribution in [2.24, 2.45) is 0 Å². The Hall–Kier alpha value is -2.53. The monoisotopic (exact) mass is 342 g/mol. The number of methoxy groups -OCH3 is 2. The fourth-order valence-corrected chi connectivity index (χ4v) is 2.61. The first-order valence-corrected chi connectivity index (χ1v) is 8.36. The van der Waals surface area contributed by atoms with Crippen molar-refractivity contribution in [3.05, 3.63) is 59.7 Å². The summed E-state index contributed by atoms with van der Waals surface area (Å²) in [7, 11) is 5.21. The highest BCUT2D eigenvalue weighted by molar-refractivity contribution is 5.97. The molecule has 0 aromatic heterocycles. The minimum Gasteiger partial charge on any atom is -0.497 e. The molecule has 2 aromatic carbocycles. The van der Waals surface area contributed by atoms with Gasteiger partial charge in [0.25, 0.3) is 5.91 Å². The van der Waals surface area contributed by atoms with Crippen molar-refractivity contribution >= 4 is 5.91 Å². The predicted molar refractivity (Wildman–Crippen MR) is 99.3 cm³/mol. The summed E-state index contributed by atoms with van der Waals surface area (Å²) >= 11 is 0. The lowest BCUT2D eigenvalue weighted by Crippen LogP contribution is -2.28. The molecule has 5 heteroatoms. The first kappa shape index (κ1) is 18.8. The maximum atomic E-state index is 12.3. The SMILES string of the molecule is COc1ccc(C(=O)NCCCN(C)Cc2ccccc2)c(OC)c1. The minimum atomic E-state index is -0.134. The van der Waals surface area contributed by atoms with Gasteiger partial charge in [0.2, 0.25) is 0 Å². The minimum absolute atomic E-state index is 0.134. The number of benzene rings is 2. The third-order valence-corrected chi connectivity index (χ3v) is 3.95. The zero-order valence-electron chi connectivity index (χ0n) is 15.1. The Bertz CT molecular complexity index is 674. The molecule has 25 heavy (non-hydrogen) atoms.